The third kappa shape index (κ3) is 1.65. The zero-order valence-electron chi connectivity index (χ0n) is 8.42. The maximum absolute atomic E-state index is 2.40. The molecule has 72 valence electrons. The summed E-state index contributed by atoms with van der Waals surface area (Å²) in [7, 11) is 0. The van der Waals surface area contributed by atoms with Crippen molar-refractivity contribution in [2.45, 2.75) is 19.8 Å². The van der Waals surface area contributed by atoms with Crippen molar-refractivity contribution >= 4 is 33.4 Å². The van der Waals surface area contributed by atoms with Gasteiger partial charge < -0.3 is 0 Å². The zero-order chi connectivity index (χ0) is 10.1. The van der Waals surface area contributed by atoms with Crippen LogP contribution in [0.3, 0.4) is 0 Å². The molecule has 1 heteroatoms. The average molecular weight is 296 g/mol. The second kappa shape index (κ2) is 3.89. The summed E-state index contributed by atoms with van der Waals surface area (Å²) in [6.45, 7) is 4.49. The summed E-state index contributed by atoms with van der Waals surface area (Å²) in [5.41, 5.74) is 1.45. The van der Waals surface area contributed by atoms with E-state index in [0.29, 0.717) is 5.92 Å². The van der Waals surface area contributed by atoms with Gasteiger partial charge in [-0.3, -0.25) is 0 Å². The molecule has 0 fully saturated rings. The molecule has 0 spiro atoms. The molecule has 0 saturated heterocycles. The van der Waals surface area contributed by atoms with E-state index in [-0.39, 0.29) is 0 Å². The first kappa shape index (κ1) is 9.97. The molecule has 0 saturated carbocycles. The largest absolute Gasteiger partial charge is 0.0613 e. The predicted octanol–water partition coefficient (Wildman–Crippen LogP) is 4.57. The van der Waals surface area contributed by atoms with Crippen LogP contribution in [0, 0.1) is 3.57 Å². The first-order chi connectivity index (χ1) is 6.70. The van der Waals surface area contributed by atoms with Gasteiger partial charge in [0, 0.05) is 3.57 Å². The molecular weight excluding hydrogens is 283 g/mol. The van der Waals surface area contributed by atoms with Crippen LogP contribution in [0.1, 0.15) is 25.3 Å². The van der Waals surface area contributed by atoms with Gasteiger partial charge in [-0.25, -0.2) is 0 Å². The predicted molar refractivity (Wildman–Crippen MR) is 70.8 cm³/mol. The Kier molecular flexibility index (Phi) is 2.77. The summed E-state index contributed by atoms with van der Waals surface area (Å²) in [5, 5.41) is 2.77. The van der Waals surface area contributed by atoms with Crippen LogP contribution in [0.25, 0.3) is 10.8 Å². The lowest BCUT2D eigenvalue weighted by molar-refractivity contribution is 0.876. The van der Waals surface area contributed by atoms with E-state index in [2.05, 4.69) is 72.8 Å². The van der Waals surface area contributed by atoms with Crippen LogP contribution in [0.15, 0.2) is 36.4 Å². The van der Waals surface area contributed by atoms with E-state index in [4.69, 9.17) is 0 Å². The summed E-state index contributed by atoms with van der Waals surface area (Å²) < 4.78 is 1.34. The Morgan fingerprint density at radius 1 is 0.929 bits per heavy atom. The molecule has 2 aromatic carbocycles. The van der Waals surface area contributed by atoms with Crippen molar-refractivity contribution in [2.24, 2.45) is 0 Å². The van der Waals surface area contributed by atoms with Crippen molar-refractivity contribution in [3.05, 3.63) is 45.5 Å². The summed E-state index contributed by atoms with van der Waals surface area (Å²) in [6, 6.07) is 13.1. The van der Waals surface area contributed by atoms with Crippen molar-refractivity contribution in [1.82, 2.24) is 0 Å². The number of benzene rings is 2. The Morgan fingerprint density at radius 3 is 2.29 bits per heavy atom. The summed E-state index contributed by atoms with van der Waals surface area (Å²) >= 11 is 2.40. The van der Waals surface area contributed by atoms with Gasteiger partial charge in [0.15, 0.2) is 0 Å². The van der Waals surface area contributed by atoms with Gasteiger partial charge in [-0.1, -0.05) is 44.2 Å². The molecule has 0 aliphatic carbocycles. The molecular formula is C13H13I. The molecule has 0 amide bonds. The van der Waals surface area contributed by atoms with E-state index in [1.165, 1.54) is 19.9 Å². The van der Waals surface area contributed by atoms with Crippen LogP contribution >= 0.6 is 22.6 Å². The van der Waals surface area contributed by atoms with E-state index in [9.17, 15) is 0 Å². The number of fused-ring (bicyclic) bond motifs is 1. The van der Waals surface area contributed by atoms with Crippen LogP contribution in [0.5, 0.6) is 0 Å². The van der Waals surface area contributed by atoms with Gasteiger partial charge in [0.1, 0.15) is 0 Å². The molecule has 0 atom stereocenters. The van der Waals surface area contributed by atoms with E-state index >= 15 is 0 Å². The Hall–Kier alpha value is -0.570. The second-order valence-corrected chi connectivity index (χ2v) is 5.00. The average Bonchev–Trinajstić information content (AvgIpc) is 2.17. The van der Waals surface area contributed by atoms with Gasteiger partial charge in [0.25, 0.3) is 0 Å². The van der Waals surface area contributed by atoms with Crippen molar-refractivity contribution in [3.63, 3.8) is 0 Å². The molecule has 0 unspecified atom stereocenters. The van der Waals surface area contributed by atoms with Crippen LogP contribution < -0.4 is 0 Å². The van der Waals surface area contributed by atoms with E-state index in [0.717, 1.165) is 0 Å². The van der Waals surface area contributed by atoms with E-state index in [1.54, 1.807) is 0 Å². The number of halogens is 1. The van der Waals surface area contributed by atoms with Crippen LogP contribution in [0.4, 0.5) is 0 Å². The number of hydrogen-bond donors (Lipinski definition) is 0. The Labute approximate surface area is 98.5 Å². The number of rotatable bonds is 1. The zero-order valence-corrected chi connectivity index (χ0v) is 10.6. The maximum atomic E-state index is 2.40. The van der Waals surface area contributed by atoms with Gasteiger partial charge in [0.2, 0.25) is 0 Å². The number of hydrogen-bond acceptors (Lipinski definition) is 0. The molecule has 2 rings (SSSR count). The van der Waals surface area contributed by atoms with Gasteiger partial charge in [-0.2, -0.15) is 0 Å². The fourth-order valence-corrected chi connectivity index (χ4v) is 2.48. The van der Waals surface area contributed by atoms with Gasteiger partial charge in [-0.05, 0) is 50.9 Å². The van der Waals surface area contributed by atoms with Crippen molar-refractivity contribution in [1.29, 1.82) is 0 Å². The molecule has 0 aromatic heterocycles. The molecule has 0 bridgehead atoms. The highest BCUT2D eigenvalue weighted by molar-refractivity contribution is 14.1. The standard InChI is InChI=1S/C13H13I/c1-9(2)10-5-3-7-12-11(10)6-4-8-13(12)14/h3-9H,1-2H3. The van der Waals surface area contributed by atoms with Crippen molar-refractivity contribution in [2.75, 3.05) is 0 Å². The summed E-state index contributed by atoms with van der Waals surface area (Å²) in [6.07, 6.45) is 0. The lowest BCUT2D eigenvalue weighted by Gasteiger charge is -2.10. The van der Waals surface area contributed by atoms with Crippen molar-refractivity contribution < 1.29 is 0 Å². The monoisotopic (exact) mass is 296 g/mol. The molecule has 2 aromatic rings. The van der Waals surface area contributed by atoms with Crippen LogP contribution in [0.2, 0.25) is 0 Å². The normalized spacial score (nSPS) is 11.1. The topological polar surface area (TPSA) is 0 Å². The fourth-order valence-electron chi connectivity index (χ4n) is 1.80. The van der Waals surface area contributed by atoms with E-state index in [1.807, 2.05) is 0 Å². The molecule has 0 heterocycles. The van der Waals surface area contributed by atoms with E-state index < -0.39 is 0 Å². The minimum atomic E-state index is 0.594. The second-order valence-electron chi connectivity index (χ2n) is 3.84. The molecule has 0 radical (unpaired) electrons. The highest BCUT2D eigenvalue weighted by Gasteiger charge is 2.05. The minimum absolute atomic E-state index is 0.594. The molecule has 0 nitrogen and oxygen atoms in total. The lowest BCUT2D eigenvalue weighted by Crippen LogP contribution is -1.89. The lowest BCUT2D eigenvalue weighted by atomic mass is 9.96. The van der Waals surface area contributed by atoms with Gasteiger partial charge in [0.05, 0.1) is 0 Å². The maximum Gasteiger partial charge on any atom is 0.0208 e. The quantitative estimate of drug-likeness (QED) is 0.676. The minimum Gasteiger partial charge on any atom is -0.0613 e. The van der Waals surface area contributed by atoms with Crippen LogP contribution in [-0.2, 0) is 0 Å². The first-order valence-electron chi connectivity index (χ1n) is 4.87. The Bertz CT molecular complexity index is 458. The summed E-state index contributed by atoms with van der Waals surface area (Å²) in [5.74, 6) is 0.594. The highest BCUT2D eigenvalue weighted by Crippen LogP contribution is 2.27. The molecule has 14 heavy (non-hydrogen) atoms. The molecule has 0 aliphatic heterocycles. The van der Waals surface area contributed by atoms with Crippen molar-refractivity contribution in [3.8, 4) is 0 Å². The summed E-state index contributed by atoms with van der Waals surface area (Å²) in [4.78, 5) is 0. The first-order valence-corrected chi connectivity index (χ1v) is 5.95. The van der Waals surface area contributed by atoms with Crippen LogP contribution in [-0.4, -0.2) is 0 Å². The Balaban J connectivity index is 2.81. The van der Waals surface area contributed by atoms with Gasteiger partial charge >= 0.3 is 0 Å². The molecule has 0 aliphatic rings. The van der Waals surface area contributed by atoms with Gasteiger partial charge in [-0.15, -0.1) is 0 Å². The highest BCUT2D eigenvalue weighted by atomic mass is 127. The third-order valence-electron chi connectivity index (χ3n) is 2.52. The SMILES string of the molecule is CC(C)c1cccc2c(I)cccc12. The molecule has 0 N–H and O–H groups in total. The third-order valence-corrected chi connectivity index (χ3v) is 3.47. The smallest absolute Gasteiger partial charge is 0.0208 e. The fraction of sp³-hybridized carbons (Fsp3) is 0.231. The Morgan fingerprint density at radius 2 is 1.57 bits per heavy atom.